The van der Waals surface area contributed by atoms with Gasteiger partial charge >= 0.3 is 0 Å². The van der Waals surface area contributed by atoms with E-state index in [-0.39, 0.29) is 5.91 Å². The Morgan fingerprint density at radius 3 is 2.53 bits per heavy atom. The maximum absolute atomic E-state index is 11.3. The highest BCUT2D eigenvalue weighted by molar-refractivity contribution is 5.87. The van der Waals surface area contributed by atoms with Crippen LogP contribution in [0.3, 0.4) is 0 Å². The molecule has 15 heavy (non-hydrogen) atoms. The lowest BCUT2D eigenvalue weighted by molar-refractivity contribution is -0.128. The summed E-state index contributed by atoms with van der Waals surface area (Å²) >= 11 is 0. The molecule has 1 heterocycles. The first-order chi connectivity index (χ1) is 7.19. The molecule has 3 nitrogen and oxygen atoms in total. The van der Waals surface area contributed by atoms with Crippen LogP contribution in [0.5, 0.6) is 0 Å². The van der Waals surface area contributed by atoms with Crippen LogP contribution in [0.4, 0.5) is 0 Å². The fourth-order valence-corrected chi connectivity index (χ4v) is 1.72. The van der Waals surface area contributed by atoms with E-state index in [4.69, 9.17) is 0 Å². The number of carbonyl (C=O) groups excluding carboxylic acids is 1. The molecule has 0 unspecified atom stereocenters. The maximum Gasteiger partial charge on any atom is 0.246 e. The van der Waals surface area contributed by atoms with Crippen LogP contribution >= 0.6 is 0 Å². The summed E-state index contributed by atoms with van der Waals surface area (Å²) in [5.41, 5.74) is 0. The molecule has 0 aliphatic carbocycles. The summed E-state index contributed by atoms with van der Waals surface area (Å²) in [4.78, 5) is 15.5. The molecule has 0 aromatic rings. The molecular weight excluding hydrogens is 188 g/mol. The largest absolute Gasteiger partial charge is 0.336 e. The SMILES string of the molecule is C=C.C=CC(=O)N1CCN(C)[C@@H](CC)C1. The molecule has 1 aliphatic rings. The molecule has 0 aromatic heterocycles. The molecule has 1 rings (SSSR count). The Morgan fingerprint density at radius 2 is 2.07 bits per heavy atom. The topological polar surface area (TPSA) is 23.6 Å². The number of piperazine rings is 1. The first kappa shape index (κ1) is 13.9. The van der Waals surface area contributed by atoms with E-state index in [1.165, 1.54) is 6.08 Å². The van der Waals surface area contributed by atoms with Crippen LogP contribution in [0.15, 0.2) is 25.8 Å². The van der Waals surface area contributed by atoms with Crippen molar-refractivity contribution in [3.8, 4) is 0 Å². The quantitative estimate of drug-likeness (QED) is 0.510. The Bertz CT molecular complexity index is 216. The van der Waals surface area contributed by atoms with Gasteiger partial charge in [0.1, 0.15) is 0 Å². The highest BCUT2D eigenvalue weighted by atomic mass is 16.2. The highest BCUT2D eigenvalue weighted by Crippen LogP contribution is 2.10. The lowest BCUT2D eigenvalue weighted by Crippen LogP contribution is -2.52. The molecular formula is C12H22N2O. The van der Waals surface area contributed by atoms with E-state index in [0.29, 0.717) is 6.04 Å². The number of likely N-dealkylation sites (N-methyl/N-ethyl adjacent to an activating group) is 1. The van der Waals surface area contributed by atoms with E-state index in [2.05, 4.69) is 38.6 Å². The molecule has 3 heteroatoms. The van der Waals surface area contributed by atoms with E-state index in [0.717, 1.165) is 26.1 Å². The van der Waals surface area contributed by atoms with Gasteiger partial charge in [0, 0.05) is 25.7 Å². The van der Waals surface area contributed by atoms with E-state index in [1.807, 2.05) is 4.90 Å². The molecule has 0 bridgehead atoms. The summed E-state index contributed by atoms with van der Waals surface area (Å²) in [7, 11) is 2.11. The maximum atomic E-state index is 11.3. The molecule has 0 saturated carbocycles. The molecule has 0 aromatic carbocycles. The lowest BCUT2D eigenvalue weighted by atomic mass is 10.1. The van der Waals surface area contributed by atoms with Gasteiger partial charge in [0.2, 0.25) is 5.91 Å². The van der Waals surface area contributed by atoms with E-state index >= 15 is 0 Å². The second-order valence-electron chi connectivity index (χ2n) is 3.53. The van der Waals surface area contributed by atoms with Gasteiger partial charge in [-0.25, -0.2) is 0 Å². The fourth-order valence-electron chi connectivity index (χ4n) is 1.72. The number of nitrogens with zero attached hydrogens (tertiary/aromatic N) is 2. The van der Waals surface area contributed by atoms with Crippen LogP contribution in [-0.2, 0) is 4.79 Å². The third kappa shape index (κ3) is 3.88. The monoisotopic (exact) mass is 210 g/mol. The smallest absolute Gasteiger partial charge is 0.246 e. The van der Waals surface area contributed by atoms with Crippen molar-refractivity contribution in [1.82, 2.24) is 9.80 Å². The second kappa shape index (κ2) is 7.23. The van der Waals surface area contributed by atoms with Gasteiger partial charge < -0.3 is 4.90 Å². The molecule has 0 radical (unpaired) electrons. The molecule has 0 spiro atoms. The highest BCUT2D eigenvalue weighted by Gasteiger charge is 2.24. The van der Waals surface area contributed by atoms with Crippen molar-refractivity contribution in [2.45, 2.75) is 19.4 Å². The van der Waals surface area contributed by atoms with Gasteiger partial charge in [-0.05, 0) is 19.5 Å². The summed E-state index contributed by atoms with van der Waals surface area (Å²) in [6.45, 7) is 14.3. The van der Waals surface area contributed by atoms with Gasteiger partial charge in [-0.2, -0.15) is 0 Å². The molecule has 1 fully saturated rings. The average Bonchev–Trinajstić information content (AvgIpc) is 2.31. The van der Waals surface area contributed by atoms with Crippen LogP contribution in [0, 0.1) is 0 Å². The van der Waals surface area contributed by atoms with Gasteiger partial charge in [-0.1, -0.05) is 13.5 Å². The normalized spacial score (nSPS) is 21.5. The van der Waals surface area contributed by atoms with Crippen LogP contribution in [0.25, 0.3) is 0 Å². The van der Waals surface area contributed by atoms with Gasteiger partial charge in [0.25, 0.3) is 0 Å². The van der Waals surface area contributed by atoms with Crippen molar-refractivity contribution >= 4 is 5.91 Å². The van der Waals surface area contributed by atoms with Crippen molar-refractivity contribution in [2.24, 2.45) is 0 Å². The van der Waals surface area contributed by atoms with Crippen LogP contribution in [-0.4, -0.2) is 48.4 Å². The molecule has 1 amide bonds. The zero-order valence-electron chi connectivity index (χ0n) is 9.91. The average molecular weight is 210 g/mol. The molecule has 86 valence electrons. The Hall–Kier alpha value is -1.09. The predicted octanol–water partition coefficient (Wildman–Crippen LogP) is 1.53. The summed E-state index contributed by atoms with van der Waals surface area (Å²) < 4.78 is 0. The van der Waals surface area contributed by atoms with Gasteiger partial charge in [0.15, 0.2) is 0 Å². The van der Waals surface area contributed by atoms with Gasteiger partial charge in [0.05, 0.1) is 0 Å². The van der Waals surface area contributed by atoms with Crippen molar-refractivity contribution in [2.75, 3.05) is 26.7 Å². The predicted molar refractivity (Wildman–Crippen MR) is 64.7 cm³/mol. The third-order valence-corrected chi connectivity index (χ3v) is 2.73. The Balaban J connectivity index is 0.000000921. The van der Waals surface area contributed by atoms with E-state index in [1.54, 1.807) is 0 Å². The van der Waals surface area contributed by atoms with Crippen LogP contribution in [0.2, 0.25) is 0 Å². The minimum atomic E-state index is 0.0616. The number of rotatable bonds is 2. The van der Waals surface area contributed by atoms with Crippen LogP contribution < -0.4 is 0 Å². The van der Waals surface area contributed by atoms with Crippen molar-refractivity contribution in [3.05, 3.63) is 25.8 Å². The summed E-state index contributed by atoms with van der Waals surface area (Å²) in [6, 6.07) is 0.512. The zero-order valence-corrected chi connectivity index (χ0v) is 9.91. The minimum absolute atomic E-state index is 0.0616. The Labute approximate surface area is 93.1 Å². The van der Waals surface area contributed by atoms with Crippen LogP contribution in [0.1, 0.15) is 13.3 Å². The second-order valence-corrected chi connectivity index (χ2v) is 3.53. The zero-order chi connectivity index (χ0) is 11.8. The number of carbonyl (C=O) groups is 1. The summed E-state index contributed by atoms with van der Waals surface area (Å²) in [5.74, 6) is 0.0616. The van der Waals surface area contributed by atoms with E-state index < -0.39 is 0 Å². The number of hydrogen-bond donors (Lipinski definition) is 0. The number of hydrogen-bond acceptors (Lipinski definition) is 2. The summed E-state index contributed by atoms with van der Waals surface area (Å²) in [5, 5.41) is 0. The Kier molecular flexibility index (Phi) is 6.71. The summed E-state index contributed by atoms with van der Waals surface area (Å²) in [6.07, 6.45) is 2.50. The first-order valence-corrected chi connectivity index (χ1v) is 5.30. The first-order valence-electron chi connectivity index (χ1n) is 5.30. The standard InChI is InChI=1S/C10H18N2O.C2H4/c1-4-9-8-12(10(13)5-2)7-6-11(9)3;1-2/h5,9H,2,4,6-8H2,1,3H3;1-2H2/t9-;/m0./s1. The number of amides is 1. The fraction of sp³-hybridized carbons (Fsp3) is 0.583. The Morgan fingerprint density at radius 1 is 1.47 bits per heavy atom. The minimum Gasteiger partial charge on any atom is -0.336 e. The molecule has 1 aliphatic heterocycles. The van der Waals surface area contributed by atoms with E-state index in [9.17, 15) is 4.79 Å². The van der Waals surface area contributed by atoms with Gasteiger partial charge in [-0.15, -0.1) is 13.2 Å². The van der Waals surface area contributed by atoms with Crippen molar-refractivity contribution < 1.29 is 4.79 Å². The van der Waals surface area contributed by atoms with Crippen molar-refractivity contribution in [1.29, 1.82) is 0 Å². The van der Waals surface area contributed by atoms with Gasteiger partial charge in [-0.3, -0.25) is 9.69 Å². The molecule has 1 saturated heterocycles. The van der Waals surface area contributed by atoms with Crippen molar-refractivity contribution in [3.63, 3.8) is 0 Å². The molecule has 0 N–H and O–H groups in total. The molecule has 1 atom stereocenters. The lowest BCUT2D eigenvalue weighted by Gasteiger charge is -2.38. The third-order valence-electron chi connectivity index (χ3n) is 2.73.